The summed E-state index contributed by atoms with van der Waals surface area (Å²) in [5, 5.41) is 4.99. The smallest absolute Gasteiger partial charge is 0.228 e. The second-order valence-corrected chi connectivity index (χ2v) is 8.60. The number of carbonyl (C=O) groups is 2. The van der Waals surface area contributed by atoms with Crippen molar-refractivity contribution in [1.29, 1.82) is 0 Å². The molecule has 1 saturated heterocycles. The van der Waals surface area contributed by atoms with Crippen LogP contribution in [0.15, 0.2) is 41.8 Å². The Balaban J connectivity index is 1.58. The molecule has 2 aromatic rings. The second kappa shape index (κ2) is 7.44. The minimum Gasteiger partial charge on any atom is -0.354 e. The Morgan fingerprint density at radius 1 is 1.30 bits per heavy atom. The van der Waals surface area contributed by atoms with Gasteiger partial charge >= 0.3 is 0 Å². The molecule has 27 heavy (non-hydrogen) atoms. The number of hydrogen-bond donors (Lipinski definition) is 2. The number of nitrogens with two attached hydrogens (primary N) is 1. The second-order valence-electron chi connectivity index (χ2n) is 7.62. The van der Waals surface area contributed by atoms with Crippen molar-refractivity contribution in [3.63, 3.8) is 0 Å². The summed E-state index contributed by atoms with van der Waals surface area (Å²) in [4.78, 5) is 28.6. The molecule has 0 bridgehead atoms. The molecule has 3 unspecified atom stereocenters. The fourth-order valence-corrected chi connectivity index (χ4v) is 4.69. The number of rotatable bonds is 6. The van der Waals surface area contributed by atoms with Crippen molar-refractivity contribution < 1.29 is 9.59 Å². The Hall–Kier alpha value is -2.18. The number of anilines is 1. The van der Waals surface area contributed by atoms with E-state index in [0.717, 1.165) is 29.0 Å². The molecule has 1 aliphatic carbocycles. The lowest BCUT2D eigenvalue weighted by molar-refractivity contribution is -0.126. The van der Waals surface area contributed by atoms with E-state index in [-0.39, 0.29) is 30.3 Å². The van der Waals surface area contributed by atoms with Gasteiger partial charge in [-0.1, -0.05) is 23.8 Å². The van der Waals surface area contributed by atoms with Gasteiger partial charge in [0.2, 0.25) is 11.8 Å². The summed E-state index contributed by atoms with van der Waals surface area (Å²) in [7, 11) is 0. The molecule has 5 nitrogen and oxygen atoms in total. The molecule has 3 atom stereocenters. The van der Waals surface area contributed by atoms with E-state index in [9.17, 15) is 9.59 Å². The van der Waals surface area contributed by atoms with Gasteiger partial charge < -0.3 is 16.0 Å². The number of amides is 2. The normalized spacial score (nSPS) is 23.5. The maximum Gasteiger partial charge on any atom is 0.228 e. The lowest BCUT2D eigenvalue weighted by Crippen LogP contribution is -2.42. The van der Waals surface area contributed by atoms with Gasteiger partial charge in [0, 0.05) is 29.6 Å². The zero-order chi connectivity index (χ0) is 19.0. The third-order valence-corrected chi connectivity index (χ3v) is 6.49. The van der Waals surface area contributed by atoms with Crippen LogP contribution >= 0.6 is 11.3 Å². The zero-order valence-corrected chi connectivity index (χ0v) is 16.2. The average molecular weight is 384 g/mol. The largest absolute Gasteiger partial charge is 0.354 e. The Kier molecular flexibility index (Phi) is 5.02. The van der Waals surface area contributed by atoms with Crippen molar-refractivity contribution in [3.05, 3.63) is 52.2 Å². The van der Waals surface area contributed by atoms with Crippen molar-refractivity contribution in [3.8, 4) is 0 Å². The van der Waals surface area contributed by atoms with E-state index >= 15 is 0 Å². The zero-order valence-electron chi connectivity index (χ0n) is 15.4. The van der Waals surface area contributed by atoms with E-state index in [1.165, 1.54) is 0 Å². The van der Waals surface area contributed by atoms with Crippen LogP contribution in [-0.4, -0.2) is 24.4 Å². The van der Waals surface area contributed by atoms with Crippen molar-refractivity contribution in [1.82, 2.24) is 5.32 Å². The number of thiophene rings is 1. The van der Waals surface area contributed by atoms with E-state index < -0.39 is 5.92 Å². The molecule has 6 heteroatoms. The van der Waals surface area contributed by atoms with Gasteiger partial charge in [-0.05, 0) is 49.3 Å². The minimum atomic E-state index is -0.399. The fraction of sp³-hybridized carbons (Fsp3) is 0.429. The lowest BCUT2D eigenvalue weighted by Gasteiger charge is -2.27. The monoisotopic (exact) mass is 383 g/mol. The maximum absolute atomic E-state index is 12.9. The van der Waals surface area contributed by atoms with Crippen LogP contribution in [0.2, 0.25) is 0 Å². The van der Waals surface area contributed by atoms with Gasteiger partial charge in [0.25, 0.3) is 0 Å². The summed E-state index contributed by atoms with van der Waals surface area (Å²) in [6, 6.07) is 11.6. The van der Waals surface area contributed by atoms with Crippen LogP contribution < -0.4 is 16.0 Å². The first-order valence-corrected chi connectivity index (χ1v) is 10.4. The highest BCUT2D eigenvalue weighted by Gasteiger charge is 2.45. The number of carbonyl (C=O) groups excluding carboxylic acids is 2. The molecule has 1 aliphatic heterocycles. The molecule has 1 saturated carbocycles. The predicted octanol–water partition coefficient (Wildman–Crippen LogP) is 3.00. The predicted molar refractivity (Wildman–Crippen MR) is 108 cm³/mol. The Morgan fingerprint density at radius 3 is 2.67 bits per heavy atom. The van der Waals surface area contributed by atoms with Crippen LogP contribution in [0.3, 0.4) is 0 Å². The molecule has 0 spiro atoms. The molecule has 1 aromatic carbocycles. The van der Waals surface area contributed by atoms with Gasteiger partial charge in [0.15, 0.2) is 0 Å². The summed E-state index contributed by atoms with van der Waals surface area (Å²) in [6.45, 7) is 2.50. The summed E-state index contributed by atoms with van der Waals surface area (Å²) in [5.41, 5.74) is 8.11. The molecule has 1 aromatic heterocycles. The molecule has 2 amide bonds. The molecule has 4 rings (SSSR count). The molecule has 2 fully saturated rings. The molecular weight excluding hydrogens is 358 g/mol. The van der Waals surface area contributed by atoms with E-state index in [1.807, 2.05) is 48.7 Å². The first-order chi connectivity index (χ1) is 13.0. The SMILES string of the molecule is Cc1ccc(N2C(=O)CC(C(=O)NCC(N)C3CC3)C2c2cccs2)cc1. The van der Waals surface area contributed by atoms with E-state index in [1.54, 1.807) is 16.2 Å². The van der Waals surface area contributed by atoms with Crippen molar-refractivity contribution >= 4 is 28.8 Å². The molecule has 2 heterocycles. The highest BCUT2D eigenvalue weighted by Crippen LogP contribution is 2.43. The molecule has 2 aliphatic rings. The van der Waals surface area contributed by atoms with Crippen LogP contribution in [0.25, 0.3) is 0 Å². The highest BCUT2D eigenvalue weighted by molar-refractivity contribution is 7.10. The number of aryl methyl sites for hydroxylation is 1. The van der Waals surface area contributed by atoms with E-state index in [4.69, 9.17) is 5.73 Å². The number of hydrogen-bond acceptors (Lipinski definition) is 4. The van der Waals surface area contributed by atoms with Crippen LogP contribution in [0.5, 0.6) is 0 Å². The summed E-state index contributed by atoms with van der Waals surface area (Å²) >= 11 is 1.59. The summed E-state index contributed by atoms with van der Waals surface area (Å²) in [6.07, 6.45) is 2.52. The van der Waals surface area contributed by atoms with Gasteiger partial charge in [-0.3, -0.25) is 9.59 Å². The minimum absolute atomic E-state index is 0.0103. The Morgan fingerprint density at radius 2 is 2.04 bits per heavy atom. The van der Waals surface area contributed by atoms with Gasteiger partial charge in [0.1, 0.15) is 0 Å². The van der Waals surface area contributed by atoms with E-state index in [0.29, 0.717) is 12.5 Å². The first kappa shape index (κ1) is 18.2. The molecule has 142 valence electrons. The fourth-order valence-electron chi connectivity index (χ4n) is 3.80. The Labute approximate surface area is 163 Å². The topological polar surface area (TPSA) is 75.4 Å². The van der Waals surface area contributed by atoms with Gasteiger partial charge in [-0.15, -0.1) is 11.3 Å². The van der Waals surface area contributed by atoms with E-state index in [2.05, 4.69) is 5.32 Å². The molecule has 0 radical (unpaired) electrons. The quantitative estimate of drug-likeness (QED) is 0.805. The standard InChI is InChI=1S/C21H25N3O2S/c1-13-4-8-15(9-5-13)24-19(25)11-16(20(24)18-3-2-10-27-18)21(26)23-12-17(22)14-6-7-14/h2-5,8-10,14,16-17,20H,6-7,11-12,22H2,1H3,(H,23,26). The highest BCUT2D eigenvalue weighted by atomic mass is 32.1. The van der Waals surface area contributed by atoms with Crippen molar-refractivity contribution in [2.45, 2.75) is 38.3 Å². The molecular formula is C21H25N3O2S. The third-order valence-electron chi connectivity index (χ3n) is 5.55. The van der Waals surface area contributed by atoms with Gasteiger partial charge in [0.05, 0.1) is 12.0 Å². The summed E-state index contributed by atoms with van der Waals surface area (Å²) in [5.74, 6) is 0.0490. The lowest BCUT2D eigenvalue weighted by atomic mass is 9.97. The van der Waals surface area contributed by atoms with Gasteiger partial charge in [-0.2, -0.15) is 0 Å². The first-order valence-electron chi connectivity index (χ1n) is 9.50. The number of benzene rings is 1. The van der Waals surface area contributed by atoms with Crippen molar-refractivity contribution in [2.24, 2.45) is 17.6 Å². The number of nitrogens with zero attached hydrogens (tertiary/aromatic N) is 1. The Bertz CT molecular complexity index is 814. The van der Waals surface area contributed by atoms with Crippen LogP contribution in [0.4, 0.5) is 5.69 Å². The maximum atomic E-state index is 12.9. The molecule has 3 N–H and O–H groups in total. The number of nitrogens with one attached hydrogen (secondary N) is 1. The van der Waals surface area contributed by atoms with Crippen LogP contribution in [0.1, 0.15) is 35.7 Å². The van der Waals surface area contributed by atoms with Gasteiger partial charge in [-0.25, -0.2) is 0 Å². The summed E-state index contributed by atoms with van der Waals surface area (Å²) < 4.78 is 0. The third kappa shape index (κ3) is 3.77. The average Bonchev–Trinajstić information content (AvgIpc) is 3.26. The van der Waals surface area contributed by atoms with Crippen molar-refractivity contribution in [2.75, 3.05) is 11.4 Å². The van der Waals surface area contributed by atoms with Crippen LogP contribution in [0, 0.1) is 18.8 Å². The van der Waals surface area contributed by atoms with Crippen LogP contribution in [-0.2, 0) is 9.59 Å².